The van der Waals surface area contributed by atoms with Crippen molar-refractivity contribution in [3.8, 4) is 0 Å². The van der Waals surface area contributed by atoms with Crippen LogP contribution >= 0.6 is 0 Å². The van der Waals surface area contributed by atoms with Gasteiger partial charge in [-0.15, -0.1) is 0 Å². The molecule has 0 bridgehead atoms. The average molecular weight is 241 g/mol. The molecule has 0 spiro atoms. The zero-order valence-electron chi connectivity index (χ0n) is 10.4. The molecule has 0 amide bonds. The van der Waals surface area contributed by atoms with E-state index in [-0.39, 0.29) is 11.9 Å². The summed E-state index contributed by atoms with van der Waals surface area (Å²) in [4.78, 5) is 0. The van der Waals surface area contributed by atoms with Gasteiger partial charge in [0.15, 0.2) is 0 Å². The summed E-state index contributed by atoms with van der Waals surface area (Å²) in [5.74, 6) is -0.182. The molecule has 1 atom stereocenters. The van der Waals surface area contributed by atoms with Crippen LogP contribution in [0.1, 0.15) is 28.3 Å². The van der Waals surface area contributed by atoms with Gasteiger partial charge in [-0.2, -0.15) is 0 Å². The molecule has 0 saturated heterocycles. The molecule has 92 valence electrons. The Bertz CT molecular complexity index is 560. The predicted molar refractivity (Wildman–Crippen MR) is 71.1 cm³/mol. The van der Waals surface area contributed by atoms with Crippen molar-refractivity contribution in [2.24, 2.45) is 0 Å². The van der Waals surface area contributed by atoms with Crippen LogP contribution in [0, 0.1) is 12.7 Å². The van der Waals surface area contributed by atoms with Gasteiger partial charge in [-0.3, -0.25) is 0 Å². The molecule has 1 aliphatic heterocycles. The molecule has 2 aromatic rings. The maximum Gasteiger partial charge on any atom is 0.123 e. The van der Waals surface area contributed by atoms with Gasteiger partial charge >= 0.3 is 0 Å². The van der Waals surface area contributed by atoms with Gasteiger partial charge in [0, 0.05) is 6.54 Å². The number of halogens is 1. The second-order valence-corrected chi connectivity index (χ2v) is 4.89. The molecule has 0 fully saturated rings. The highest BCUT2D eigenvalue weighted by Gasteiger charge is 2.20. The fourth-order valence-corrected chi connectivity index (χ4v) is 2.65. The molecule has 18 heavy (non-hydrogen) atoms. The summed E-state index contributed by atoms with van der Waals surface area (Å²) in [6, 6.07) is 13.6. The molecule has 2 heteroatoms. The van der Waals surface area contributed by atoms with E-state index in [2.05, 4.69) is 30.4 Å². The van der Waals surface area contributed by atoms with Crippen LogP contribution in [0.4, 0.5) is 4.39 Å². The first-order valence-electron chi connectivity index (χ1n) is 6.32. The van der Waals surface area contributed by atoms with Crippen molar-refractivity contribution in [2.45, 2.75) is 19.4 Å². The maximum absolute atomic E-state index is 13.0. The Morgan fingerprint density at radius 3 is 2.67 bits per heavy atom. The van der Waals surface area contributed by atoms with Crippen LogP contribution in [0.15, 0.2) is 42.5 Å². The Hall–Kier alpha value is -1.67. The molecule has 1 nitrogen and oxygen atoms in total. The molecule has 0 aliphatic carbocycles. The number of benzene rings is 2. The largest absolute Gasteiger partial charge is 0.306 e. The maximum atomic E-state index is 13.0. The topological polar surface area (TPSA) is 12.0 Å². The van der Waals surface area contributed by atoms with Crippen LogP contribution in [-0.2, 0) is 6.42 Å². The fraction of sp³-hybridized carbons (Fsp3) is 0.250. The third-order valence-electron chi connectivity index (χ3n) is 3.56. The van der Waals surface area contributed by atoms with Crippen molar-refractivity contribution >= 4 is 0 Å². The lowest BCUT2D eigenvalue weighted by Gasteiger charge is -2.27. The van der Waals surface area contributed by atoms with Crippen molar-refractivity contribution in [1.29, 1.82) is 0 Å². The molecular formula is C16H16FN. The van der Waals surface area contributed by atoms with E-state index in [1.807, 2.05) is 12.1 Å². The Balaban J connectivity index is 2.03. The van der Waals surface area contributed by atoms with Crippen LogP contribution in [0.2, 0.25) is 0 Å². The number of nitrogens with one attached hydrogen (secondary N) is 1. The first-order valence-corrected chi connectivity index (χ1v) is 6.32. The van der Waals surface area contributed by atoms with E-state index < -0.39 is 0 Å². The summed E-state index contributed by atoms with van der Waals surface area (Å²) >= 11 is 0. The normalized spacial score (nSPS) is 18.4. The Morgan fingerprint density at radius 1 is 1.11 bits per heavy atom. The van der Waals surface area contributed by atoms with Crippen molar-refractivity contribution in [3.05, 3.63) is 70.5 Å². The van der Waals surface area contributed by atoms with Crippen molar-refractivity contribution in [1.82, 2.24) is 5.32 Å². The molecular weight excluding hydrogens is 225 g/mol. The molecule has 0 saturated carbocycles. The number of hydrogen-bond donors (Lipinski definition) is 1. The fourth-order valence-electron chi connectivity index (χ4n) is 2.65. The van der Waals surface area contributed by atoms with E-state index >= 15 is 0 Å². The number of rotatable bonds is 1. The molecule has 0 radical (unpaired) electrons. The van der Waals surface area contributed by atoms with Crippen LogP contribution in [-0.4, -0.2) is 6.54 Å². The lowest BCUT2D eigenvalue weighted by molar-refractivity contribution is 0.565. The van der Waals surface area contributed by atoms with Gasteiger partial charge in [0.25, 0.3) is 0 Å². The highest BCUT2D eigenvalue weighted by molar-refractivity contribution is 5.41. The third-order valence-corrected chi connectivity index (χ3v) is 3.56. The lowest BCUT2D eigenvalue weighted by Crippen LogP contribution is -2.30. The SMILES string of the molecule is Cc1ccc2c(c1)CCNC2c1ccc(F)cc1. The van der Waals surface area contributed by atoms with E-state index in [0.29, 0.717) is 0 Å². The van der Waals surface area contributed by atoms with Gasteiger partial charge in [-0.1, -0.05) is 35.9 Å². The van der Waals surface area contributed by atoms with E-state index in [4.69, 9.17) is 0 Å². The smallest absolute Gasteiger partial charge is 0.123 e. The molecule has 2 aromatic carbocycles. The van der Waals surface area contributed by atoms with E-state index in [9.17, 15) is 4.39 Å². The Kier molecular flexibility index (Phi) is 2.88. The van der Waals surface area contributed by atoms with E-state index in [0.717, 1.165) is 18.5 Å². The monoisotopic (exact) mass is 241 g/mol. The lowest BCUT2D eigenvalue weighted by atomic mass is 9.89. The first kappa shape index (κ1) is 11.4. The van der Waals surface area contributed by atoms with Gasteiger partial charge in [-0.25, -0.2) is 4.39 Å². The minimum Gasteiger partial charge on any atom is -0.306 e. The number of fused-ring (bicyclic) bond motifs is 1. The zero-order chi connectivity index (χ0) is 12.5. The van der Waals surface area contributed by atoms with Gasteiger partial charge in [0.2, 0.25) is 0 Å². The Morgan fingerprint density at radius 2 is 1.89 bits per heavy atom. The second-order valence-electron chi connectivity index (χ2n) is 4.89. The van der Waals surface area contributed by atoms with Crippen LogP contribution in [0.25, 0.3) is 0 Å². The summed E-state index contributed by atoms with van der Waals surface area (Å²) in [7, 11) is 0. The molecule has 1 aliphatic rings. The average Bonchev–Trinajstić information content (AvgIpc) is 2.38. The van der Waals surface area contributed by atoms with Crippen molar-refractivity contribution in [2.75, 3.05) is 6.54 Å². The summed E-state index contributed by atoms with van der Waals surface area (Å²) in [6.45, 7) is 3.09. The number of aryl methyl sites for hydroxylation is 1. The van der Waals surface area contributed by atoms with E-state index in [1.165, 1.54) is 28.8 Å². The van der Waals surface area contributed by atoms with Crippen LogP contribution in [0.5, 0.6) is 0 Å². The molecule has 1 heterocycles. The molecule has 1 N–H and O–H groups in total. The summed E-state index contributed by atoms with van der Waals surface area (Å²) < 4.78 is 13.0. The predicted octanol–water partition coefficient (Wildman–Crippen LogP) is 3.37. The van der Waals surface area contributed by atoms with Gasteiger partial charge in [0.05, 0.1) is 6.04 Å². The zero-order valence-corrected chi connectivity index (χ0v) is 10.4. The molecule has 0 aromatic heterocycles. The highest BCUT2D eigenvalue weighted by Crippen LogP contribution is 2.29. The Labute approximate surface area is 107 Å². The highest BCUT2D eigenvalue weighted by atomic mass is 19.1. The molecule has 3 rings (SSSR count). The first-order chi connectivity index (χ1) is 8.74. The van der Waals surface area contributed by atoms with Crippen molar-refractivity contribution < 1.29 is 4.39 Å². The van der Waals surface area contributed by atoms with Gasteiger partial charge in [-0.05, 0) is 42.2 Å². The third kappa shape index (κ3) is 2.04. The van der Waals surface area contributed by atoms with Gasteiger partial charge < -0.3 is 5.32 Å². The summed E-state index contributed by atoms with van der Waals surface area (Å²) in [6.07, 6.45) is 1.06. The second kappa shape index (κ2) is 4.54. The number of hydrogen-bond acceptors (Lipinski definition) is 1. The standard InChI is InChI=1S/C16H16FN/c1-11-2-7-15-13(10-11)8-9-18-16(15)12-3-5-14(17)6-4-12/h2-7,10,16,18H,8-9H2,1H3. The van der Waals surface area contributed by atoms with Gasteiger partial charge in [0.1, 0.15) is 5.82 Å². The van der Waals surface area contributed by atoms with E-state index in [1.54, 1.807) is 0 Å². The minimum atomic E-state index is -0.182. The molecule has 1 unspecified atom stereocenters. The van der Waals surface area contributed by atoms with Crippen molar-refractivity contribution in [3.63, 3.8) is 0 Å². The van der Waals surface area contributed by atoms with Crippen LogP contribution < -0.4 is 5.32 Å². The minimum absolute atomic E-state index is 0.182. The van der Waals surface area contributed by atoms with Crippen LogP contribution in [0.3, 0.4) is 0 Å². The summed E-state index contributed by atoms with van der Waals surface area (Å²) in [5, 5.41) is 3.51. The summed E-state index contributed by atoms with van der Waals surface area (Å²) in [5.41, 5.74) is 5.15. The quantitative estimate of drug-likeness (QED) is 0.807.